The van der Waals surface area contributed by atoms with Gasteiger partial charge in [-0.25, -0.2) is 8.42 Å². The summed E-state index contributed by atoms with van der Waals surface area (Å²) in [5.41, 5.74) is -0.220. The van der Waals surface area contributed by atoms with E-state index in [0.717, 1.165) is 19.3 Å². The number of amides is 1. The van der Waals surface area contributed by atoms with Gasteiger partial charge < -0.3 is 10.1 Å². The first-order chi connectivity index (χ1) is 11.2. The van der Waals surface area contributed by atoms with Crippen molar-refractivity contribution in [3.05, 3.63) is 18.2 Å². The van der Waals surface area contributed by atoms with Gasteiger partial charge in [0.1, 0.15) is 5.75 Å². The van der Waals surface area contributed by atoms with Crippen LogP contribution in [-0.4, -0.2) is 38.8 Å². The molecule has 0 saturated carbocycles. The van der Waals surface area contributed by atoms with Gasteiger partial charge in [-0.05, 0) is 31.0 Å². The summed E-state index contributed by atoms with van der Waals surface area (Å²) in [6.45, 7) is 6.46. The highest BCUT2D eigenvalue weighted by molar-refractivity contribution is 7.89. The zero-order valence-electron chi connectivity index (χ0n) is 14.8. The van der Waals surface area contributed by atoms with E-state index in [-0.39, 0.29) is 10.8 Å². The van der Waals surface area contributed by atoms with Crippen molar-refractivity contribution in [2.75, 3.05) is 25.5 Å². The van der Waals surface area contributed by atoms with Crippen LogP contribution in [0.1, 0.15) is 40.0 Å². The molecule has 1 aliphatic rings. The van der Waals surface area contributed by atoms with Crippen LogP contribution in [0.25, 0.3) is 0 Å². The smallest absolute Gasteiger partial charge is 0.243 e. The maximum absolute atomic E-state index is 12.8. The standard InChI is InChI=1S/C17H26N2O4S/c1-17(2,3)16(20)18-14-12-13(8-9-15(14)23-4)24(21,22)19-10-6-5-7-11-19/h8-9,12H,5-7,10-11H2,1-4H3,(H,18,20). The van der Waals surface area contributed by atoms with E-state index in [4.69, 9.17) is 4.74 Å². The van der Waals surface area contributed by atoms with Crippen LogP contribution in [-0.2, 0) is 14.8 Å². The molecule has 0 aliphatic carbocycles. The average Bonchev–Trinajstić information content (AvgIpc) is 2.54. The highest BCUT2D eigenvalue weighted by Gasteiger charge is 2.28. The summed E-state index contributed by atoms with van der Waals surface area (Å²) < 4.78 is 32.3. The molecule has 1 amide bonds. The topological polar surface area (TPSA) is 75.7 Å². The minimum Gasteiger partial charge on any atom is -0.495 e. The maximum Gasteiger partial charge on any atom is 0.243 e. The average molecular weight is 354 g/mol. The van der Waals surface area contributed by atoms with E-state index in [9.17, 15) is 13.2 Å². The molecule has 1 aliphatic heterocycles. The Bertz CT molecular complexity index is 702. The van der Waals surface area contributed by atoms with Crippen molar-refractivity contribution >= 4 is 21.6 Å². The molecule has 1 fully saturated rings. The molecule has 0 radical (unpaired) electrons. The predicted octanol–water partition coefficient (Wildman–Crippen LogP) is 2.85. The molecule has 1 aromatic rings. The number of nitrogens with one attached hydrogen (secondary N) is 1. The molecular weight excluding hydrogens is 328 g/mol. The molecule has 0 spiro atoms. The SMILES string of the molecule is COc1ccc(S(=O)(=O)N2CCCCC2)cc1NC(=O)C(C)(C)C. The third-order valence-electron chi connectivity index (χ3n) is 4.05. The fourth-order valence-electron chi connectivity index (χ4n) is 2.51. The maximum atomic E-state index is 12.8. The molecule has 0 atom stereocenters. The molecule has 24 heavy (non-hydrogen) atoms. The monoisotopic (exact) mass is 354 g/mol. The number of anilines is 1. The summed E-state index contributed by atoms with van der Waals surface area (Å²) in [7, 11) is -2.07. The van der Waals surface area contributed by atoms with Crippen molar-refractivity contribution in [3.63, 3.8) is 0 Å². The third-order valence-corrected chi connectivity index (χ3v) is 5.95. The first-order valence-electron chi connectivity index (χ1n) is 8.16. The number of ether oxygens (including phenoxy) is 1. The van der Waals surface area contributed by atoms with Gasteiger partial charge in [0, 0.05) is 18.5 Å². The Morgan fingerprint density at radius 2 is 1.79 bits per heavy atom. The second kappa shape index (κ2) is 7.11. The van der Waals surface area contributed by atoms with Crippen LogP contribution < -0.4 is 10.1 Å². The Hall–Kier alpha value is -1.60. The van der Waals surface area contributed by atoms with Gasteiger partial charge in [-0.1, -0.05) is 27.2 Å². The van der Waals surface area contributed by atoms with E-state index in [1.54, 1.807) is 26.8 Å². The van der Waals surface area contributed by atoms with Crippen LogP contribution in [0, 0.1) is 5.41 Å². The normalized spacial score (nSPS) is 16.7. The zero-order chi connectivity index (χ0) is 18.0. The minimum absolute atomic E-state index is 0.175. The molecule has 0 aromatic heterocycles. The van der Waals surface area contributed by atoms with Crippen LogP contribution in [0.5, 0.6) is 5.75 Å². The highest BCUT2D eigenvalue weighted by atomic mass is 32.2. The van der Waals surface area contributed by atoms with E-state index in [0.29, 0.717) is 24.5 Å². The van der Waals surface area contributed by atoms with Crippen molar-refractivity contribution in [1.29, 1.82) is 0 Å². The molecule has 1 saturated heterocycles. The Morgan fingerprint density at radius 3 is 2.33 bits per heavy atom. The van der Waals surface area contributed by atoms with Crippen molar-refractivity contribution in [3.8, 4) is 5.75 Å². The lowest BCUT2D eigenvalue weighted by Gasteiger charge is -2.26. The van der Waals surface area contributed by atoms with Crippen LogP contribution in [0.3, 0.4) is 0 Å². The Labute approximate surface area is 144 Å². The second-order valence-corrected chi connectivity index (χ2v) is 8.97. The number of piperidine rings is 1. The van der Waals surface area contributed by atoms with Crippen molar-refractivity contribution < 1.29 is 17.9 Å². The van der Waals surface area contributed by atoms with Gasteiger partial charge in [0.05, 0.1) is 17.7 Å². The molecule has 134 valence electrons. The molecule has 1 N–H and O–H groups in total. The van der Waals surface area contributed by atoms with Gasteiger partial charge in [-0.3, -0.25) is 4.79 Å². The number of carbonyl (C=O) groups is 1. The summed E-state index contributed by atoms with van der Waals surface area (Å²) in [5.74, 6) is 0.235. The minimum atomic E-state index is -3.55. The molecular formula is C17H26N2O4S. The third kappa shape index (κ3) is 4.08. The number of hydrogen-bond acceptors (Lipinski definition) is 4. The summed E-state index contributed by atoms with van der Waals surface area (Å²) in [5, 5.41) is 2.77. The van der Waals surface area contributed by atoms with Gasteiger partial charge in [0.2, 0.25) is 15.9 Å². The fourth-order valence-corrected chi connectivity index (χ4v) is 4.05. The molecule has 1 heterocycles. The van der Waals surface area contributed by atoms with Gasteiger partial charge >= 0.3 is 0 Å². The predicted molar refractivity (Wildman–Crippen MR) is 93.7 cm³/mol. The Balaban J connectivity index is 2.35. The van der Waals surface area contributed by atoms with Crippen molar-refractivity contribution in [2.45, 2.75) is 44.9 Å². The van der Waals surface area contributed by atoms with Crippen LogP contribution in [0.4, 0.5) is 5.69 Å². The summed E-state index contributed by atoms with van der Waals surface area (Å²) >= 11 is 0. The van der Waals surface area contributed by atoms with E-state index < -0.39 is 15.4 Å². The lowest BCUT2D eigenvalue weighted by molar-refractivity contribution is -0.123. The summed E-state index contributed by atoms with van der Waals surface area (Å²) in [6.07, 6.45) is 2.81. The quantitative estimate of drug-likeness (QED) is 0.902. The van der Waals surface area contributed by atoms with E-state index in [2.05, 4.69) is 5.32 Å². The van der Waals surface area contributed by atoms with Crippen molar-refractivity contribution in [2.24, 2.45) is 5.41 Å². The Morgan fingerprint density at radius 1 is 1.17 bits per heavy atom. The number of nitrogens with zero attached hydrogens (tertiary/aromatic N) is 1. The van der Waals surface area contributed by atoms with E-state index >= 15 is 0 Å². The number of sulfonamides is 1. The largest absolute Gasteiger partial charge is 0.495 e. The number of benzene rings is 1. The fraction of sp³-hybridized carbons (Fsp3) is 0.588. The molecule has 7 heteroatoms. The van der Waals surface area contributed by atoms with Gasteiger partial charge in [-0.15, -0.1) is 0 Å². The number of methoxy groups -OCH3 is 1. The highest BCUT2D eigenvalue weighted by Crippen LogP contribution is 2.31. The molecule has 0 bridgehead atoms. The van der Waals surface area contributed by atoms with Gasteiger partial charge in [0.25, 0.3) is 0 Å². The number of carbonyl (C=O) groups excluding carboxylic acids is 1. The summed E-state index contributed by atoms with van der Waals surface area (Å²) in [4.78, 5) is 12.4. The van der Waals surface area contributed by atoms with Crippen LogP contribution >= 0.6 is 0 Å². The Kier molecular flexibility index (Phi) is 5.55. The first-order valence-corrected chi connectivity index (χ1v) is 9.60. The van der Waals surface area contributed by atoms with Gasteiger partial charge in [0.15, 0.2) is 0 Å². The first kappa shape index (κ1) is 18.7. The summed E-state index contributed by atoms with van der Waals surface area (Å²) in [6, 6.07) is 4.58. The molecule has 0 unspecified atom stereocenters. The molecule has 1 aromatic carbocycles. The van der Waals surface area contributed by atoms with Crippen LogP contribution in [0.2, 0.25) is 0 Å². The van der Waals surface area contributed by atoms with E-state index in [1.807, 2.05) is 0 Å². The van der Waals surface area contributed by atoms with Crippen molar-refractivity contribution in [1.82, 2.24) is 4.31 Å². The van der Waals surface area contributed by atoms with E-state index in [1.165, 1.54) is 23.5 Å². The lowest BCUT2D eigenvalue weighted by Crippen LogP contribution is -2.35. The van der Waals surface area contributed by atoms with Crippen LogP contribution in [0.15, 0.2) is 23.1 Å². The lowest BCUT2D eigenvalue weighted by atomic mass is 9.95. The second-order valence-electron chi connectivity index (χ2n) is 7.03. The number of rotatable bonds is 4. The zero-order valence-corrected chi connectivity index (χ0v) is 15.6. The van der Waals surface area contributed by atoms with Gasteiger partial charge in [-0.2, -0.15) is 4.31 Å². The molecule has 2 rings (SSSR count). The molecule has 6 nitrogen and oxygen atoms in total. The number of hydrogen-bond donors (Lipinski definition) is 1.